The predicted octanol–water partition coefficient (Wildman–Crippen LogP) is 4.20. The lowest BCUT2D eigenvalue weighted by molar-refractivity contribution is 0.219. The molecular weight excluding hydrogens is 268 g/mol. The first-order valence-electron chi connectivity index (χ1n) is 6.71. The Hall–Kier alpha value is -1.45. The molecule has 0 amide bonds. The summed E-state index contributed by atoms with van der Waals surface area (Å²) in [6, 6.07) is 13.9. The topological polar surface area (TPSA) is 29.5 Å². The third-order valence-corrected chi connectivity index (χ3v) is 4.17. The van der Waals surface area contributed by atoms with Crippen molar-refractivity contribution in [2.24, 2.45) is 0 Å². The van der Waals surface area contributed by atoms with Crippen molar-refractivity contribution >= 4 is 11.8 Å². The van der Waals surface area contributed by atoms with Gasteiger partial charge in [0.2, 0.25) is 0 Å². The van der Waals surface area contributed by atoms with Crippen LogP contribution in [0, 0.1) is 6.92 Å². The van der Waals surface area contributed by atoms with Crippen LogP contribution in [0.1, 0.15) is 29.7 Å². The van der Waals surface area contributed by atoms with E-state index >= 15 is 0 Å². The maximum atomic E-state index is 10.5. The van der Waals surface area contributed by atoms with Crippen molar-refractivity contribution in [3.63, 3.8) is 0 Å². The van der Waals surface area contributed by atoms with Gasteiger partial charge in [-0.15, -0.1) is 11.8 Å². The van der Waals surface area contributed by atoms with E-state index in [1.165, 1.54) is 4.90 Å². The van der Waals surface area contributed by atoms with Crippen molar-refractivity contribution in [2.45, 2.75) is 24.8 Å². The minimum Gasteiger partial charge on any atom is -0.497 e. The molecule has 2 aromatic carbocycles. The molecule has 0 spiro atoms. The summed E-state index contributed by atoms with van der Waals surface area (Å²) in [6.45, 7) is 4.12. The van der Waals surface area contributed by atoms with Gasteiger partial charge in [0, 0.05) is 4.90 Å². The molecule has 1 N–H and O–H groups in total. The number of methoxy groups -OCH3 is 1. The number of ether oxygens (including phenoxy) is 1. The molecule has 106 valence electrons. The Kier molecular flexibility index (Phi) is 5.10. The number of benzene rings is 2. The second-order valence-electron chi connectivity index (χ2n) is 4.63. The molecule has 2 rings (SSSR count). The highest BCUT2D eigenvalue weighted by molar-refractivity contribution is 7.99. The highest BCUT2D eigenvalue weighted by atomic mass is 32.2. The fourth-order valence-electron chi connectivity index (χ4n) is 2.17. The van der Waals surface area contributed by atoms with Gasteiger partial charge in [-0.3, -0.25) is 0 Å². The van der Waals surface area contributed by atoms with Gasteiger partial charge in [-0.25, -0.2) is 0 Å². The van der Waals surface area contributed by atoms with E-state index in [0.717, 1.165) is 28.2 Å². The summed E-state index contributed by atoms with van der Waals surface area (Å²) < 4.78 is 5.19. The van der Waals surface area contributed by atoms with Gasteiger partial charge in [0.15, 0.2) is 0 Å². The highest BCUT2D eigenvalue weighted by Gasteiger charge is 2.13. The number of rotatable bonds is 5. The Balaban J connectivity index is 2.24. The quantitative estimate of drug-likeness (QED) is 0.836. The Morgan fingerprint density at radius 2 is 1.85 bits per heavy atom. The van der Waals surface area contributed by atoms with E-state index in [-0.39, 0.29) is 0 Å². The minimum atomic E-state index is -0.596. The first-order valence-corrected chi connectivity index (χ1v) is 7.69. The van der Waals surface area contributed by atoms with E-state index in [2.05, 4.69) is 19.1 Å². The maximum absolute atomic E-state index is 10.5. The molecule has 2 nitrogen and oxygen atoms in total. The molecule has 0 aliphatic heterocycles. The number of thioether (sulfide) groups is 1. The molecule has 1 atom stereocenters. The van der Waals surface area contributed by atoms with E-state index in [0.29, 0.717) is 0 Å². The Morgan fingerprint density at radius 1 is 1.15 bits per heavy atom. The predicted molar refractivity (Wildman–Crippen MR) is 84.6 cm³/mol. The summed E-state index contributed by atoms with van der Waals surface area (Å²) in [7, 11) is 1.65. The fraction of sp³-hybridized carbons (Fsp3) is 0.294. The molecule has 0 aliphatic rings. The van der Waals surface area contributed by atoms with Crippen molar-refractivity contribution in [3.05, 3.63) is 59.2 Å². The van der Waals surface area contributed by atoms with Crippen LogP contribution in [0.4, 0.5) is 0 Å². The van der Waals surface area contributed by atoms with E-state index in [9.17, 15) is 5.11 Å². The fourth-order valence-corrected chi connectivity index (χ4v) is 2.84. The number of hydrogen-bond donors (Lipinski definition) is 1. The molecule has 0 radical (unpaired) electrons. The van der Waals surface area contributed by atoms with Crippen LogP contribution in [0.25, 0.3) is 0 Å². The monoisotopic (exact) mass is 288 g/mol. The van der Waals surface area contributed by atoms with Crippen LogP contribution in [0.3, 0.4) is 0 Å². The van der Waals surface area contributed by atoms with Crippen LogP contribution in [0.2, 0.25) is 0 Å². The Bertz CT molecular complexity index is 564. The van der Waals surface area contributed by atoms with Gasteiger partial charge in [0.05, 0.1) is 7.11 Å². The average molecular weight is 288 g/mol. The largest absolute Gasteiger partial charge is 0.497 e. The van der Waals surface area contributed by atoms with Crippen LogP contribution in [-0.2, 0) is 0 Å². The first kappa shape index (κ1) is 14.9. The summed E-state index contributed by atoms with van der Waals surface area (Å²) in [5.74, 6) is 1.87. The zero-order valence-electron chi connectivity index (χ0n) is 12.1. The van der Waals surface area contributed by atoms with Crippen molar-refractivity contribution in [1.82, 2.24) is 0 Å². The second kappa shape index (κ2) is 6.82. The van der Waals surface area contributed by atoms with Gasteiger partial charge >= 0.3 is 0 Å². The van der Waals surface area contributed by atoms with Crippen molar-refractivity contribution in [2.75, 3.05) is 12.9 Å². The van der Waals surface area contributed by atoms with Gasteiger partial charge < -0.3 is 9.84 Å². The normalized spacial score (nSPS) is 12.2. The lowest BCUT2D eigenvalue weighted by atomic mass is 9.97. The van der Waals surface area contributed by atoms with Crippen LogP contribution in [0.15, 0.2) is 47.4 Å². The third kappa shape index (κ3) is 3.35. The van der Waals surface area contributed by atoms with Gasteiger partial charge in [-0.1, -0.05) is 25.1 Å². The number of aryl methyl sites for hydroxylation is 1. The van der Waals surface area contributed by atoms with Crippen LogP contribution in [-0.4, -0.2) is 18.0 Å². The lowest BCUT2D eigenvalue weighted by Gasteiger charge is -2.15. The van der Waals surface area contributed by atoms with Crippen LogP contribution < -0.4 is 4.74 Å². The summed E-state index contributed by atoms with van der Waals surface area (Å²) >= 11 is 1.80. The average Bonchev–Trinajstić information content (AvgIpc) is 2.47. The SMILES string of the molecule is CCSc1ccc(C(O)c2ccc(OC)cc2C)cc1. The molecule has 0 saturated heterocycles. The summed E-state index contributed by atoms with van der Waals surface area (Å²) in [6.07, 6.45) is -0.596. The van der Waals surface area contributed by atoms with E-state index in [1.807, 2.05) is 37.3 Å². The molecule has 20 heavy (non-hydrogen) atoms. The Morgan fingerprint density at radius 3 is 2.40 bits per heavy atom. The smallest absolute Gasteiger partial charge is 0.119 e. The van der Waals surface area contributed by atoms with Gasteiger partial charge in [0.25, 0.3) is 0 Å². The standard InChI is InChI=1S/C17H20O2S/c1-4-20-15-8-5-13(6-9-15)17(18)16-10-7-14(19-3)11-12(16)2/h5-11,17-18H,4H2,1-3H3. The van der Waals surface area contributed by atoms with Crippen molar-refractivity contribution < 1.29 is 9.84 Å². The highest BCUT2D eigenvalue weighted by Crippen LogP contribution is 2.28. The molecular formula is C17H20O2S. The molecule has 0 heterocycles. The van der Waals surface area contributed by atoms with Crippen molar-refractivity contribution in [1.29, 1.82) is 0 Å². The van der Waals surface area contributed by atoms with Crippen LogP contribution >= 0.6 is 11.8 Å². The zero-order chi connectivity index (χ0) is 14.5. The van der Waals surface area contributed by atoms with Crippen molar-refractivity contribution in [3.8, 4) is 5.75 Å². The van der Waals surface area contributed by atoms with Gasteiger partial charge in [0.1, 0.15) is 11.9 Å². The third-order valence-electron chi connectivity index (χ3n) is 3.28. The molecule has 1 unspecified atom stereocenters. The maximum Gasteiger partial charge on any atom is 0.119 e. The van der Waals surface area contributed by atoms with E-state index in [1.54, 1.807) is 18.9 Å². The lowest BCUT2D eigenvalue weighted by Crippen LogP contribution is -2.02. The molecule has 0 aromatic heterocycles. The summed E-state index contributed by atoms with van der Waals surface area (Å²) in [5.41, 5.74) is 2.87. The Labute approximate surface area is 124 Å². The number of hydrogen-bond acceptors (Lipinski definition) is 3. The molecule has 0 bridgehead atoms. The van der Waals surface area contributed by atoms with Crippen LogP contribution in [0.5, 0.6) is 5.75 Å². The minimum absolute atomic E-state index is 0.596. The van der Waals surface area contributed by atoms with Gasteiger partial charge in [-0.05, 0) is 53.6 Å². The second-order valence-corrected chi connectivity index (χ2v) is 5.96. The molecule has 0 aliphatic carbocycles. The summed E-state index contributed by atoms with van der Waals surface area (Å²) in [4.78, 5) is 1.23. The number of aliphatic hydroxyl groups is 1. The van der Waals surface area contributed by atoms with Gasteiger partial charge in [-0.2, -0.15) is 0 Å². The first-order chi connectivity index (χ1) is 9.65. The molecule has 0 saturated carbocycles. The number of aliphatic hydroxyl groups excluding tert-OH is 1. The molecule has 3 heteroatoms. The van der Waals surface area contributed by atoms with E-state index < -0.39 is 6.10 Å². The molecule has 2 aromatic rings. The van der Waals surface area contributed by atoms with E-state index in [4.69, 9.17) is 4.74 Å². The summed E-state index contributed by atoms with van der Waals surface area (Å²) in [5, 5.41) is 10.5. The molecule has 0 fully saturated rings. The zero-order valence-corrected chi connectivity index (χ0v) is 12.9.